The van der Waals surface area contributed by atoms with Gasteiger partial charge in [-0.15, -0.1) is 0 Å². The van der Waals surface area contributed by atoms with E-state index in [9.17, 15) is 9.59 Å². The molecule has 1 aromatic heterocycles. The van der Waals surface area contributed by atoms with Gasteiger partial charge in [0.2, 0.25) is 0 Å². The third-order valence-corrected chi connectivity index (χ3v) is 3.90. The number of hydrogen-bond donors (Lipinski definition) is 2. The summed E-state index contributed by atoms with van der Waals surface area (Å²) in [5, 5.41) is 2.82. The molecule has 1 heterocycles. The van der Waals surface area contributed by atoms with Gasteiger partial charge in [0.05, 0.1) is 0 Å². The first kappa shape index (κ1) is 14.2. The molecule has 5 heteroatoms. The maximum atomic E-state index is 11.9. The third kappa shape index (κ3) is 3.55. The van der Waals surface area contributed by atoms with Crippen LogP contribution in [0.25, 0.3) is 0 Å². The summed E-state index contributed by atoms with van der Waals surface area (Å²) in [4.78, 5) is 26.2. The number of pyridine rings is 1. The zero-order valence-corrected chi connectivity index (χ0v) is 12.6. The number of amides is 1. The van der Waals surface area contributed by atoms with Gasteiger partial charge in [0.25, 0.3) is 11.5 Å². The van der Waals surface area contributed by atoms with E-state index in [2.05, 4.69) is 32.9 Å². The van der Waals surface area contributed by atoms with Crippen molar-refractivity contribution in [3.63, 3.8) is 0 Å². The summed E-state index contributed by atoms with van der Waals surface area (Å²) >= 11 is 2.10. The average molecular weight is 348 g/mol. The molecule has 0 saturated heterocycles. The molecule has 0 aliphatic heterocycles. The molecule has 0 unspecified atom stereocenters. The van der Waals surface area contributed by atoms with Crippen LogP contribution in [0.3, 0.4) is 0 Å². The minimum absolute atomic E-state index is 0.0425. The lowest BCUT2D eigenvalue weighted by Gasteiger charge is -2.17. The van der Waals surface area contributed by atoms with Crippen LogP contribution >= 0.6 is 22.6 Å². The van der Waals surface area contributed by atoms with Crippen molar-refractivity contribution in [3.8, 4) is 0 Å². The molecule has 94 valence electrons. The Hall–Kier alpha value is -0.850. The van der Waals surface area contributed by atoms with E-state index >= 15 is 0 Å². The zero-order chi connectivity index (χ0) is 13.2. The number of nitrogens with one attached hydrogen (secondary N) is 2. The lowest BCUT2D eigenvalue weighted by molar-refractivity contribution is 0.0929. The van der Waals surface area contributed by atoms with Crippen molar-refractivity contribution in [2.75, 3.05) is 0 Å². The number of aromatic nitrogens is 1. The molecule has 0 aromatic carbocycles. The van der Waals surface area contributed by atoms with E-state index in [0.717, 1.165) is 9.26 Å². The molecule has 0 aliphatic rings. The first-order valence-electron chi connectivity index (χ1n) is 5.53. The highest BCUT2D eigenvalue weighted by Gasteiger charge is 2.16. The van der Waals surface area contributed by atoms with E-state index in [4.69, 9.17) is 0 Å². The number of H-pyrrole nitrogens is 1. The summed E-state index contributed by atoms with van der Waals surface area (Å²) in [6.07, 6.45) is 0. The molecule has 1 amide bonds. The Balaban J connectivity index is 2.98. The highest BCUT2D eigenvalue weighted by molar-refractivity contribution is 14.1. The second-order valence-electron chi connectivity index (χ2n) is 4.49. The van der Waals surface area contributed by atoms with Crippen molar-refractivity contribution in [2.24, 2.45) is 5.92 Å². The van der Waals surface area contributed by atoms with E-state index in [-0.39, 0.29) is 23.1 Å². The molecule has 0 spiro atoms. The van der Waals surface area contributed by atoms with E-state index in [1.54, 1.807) is 6.07 Å². The van der Waals surface area contributed by atoms with Gasteiger partial charge >= 0.3 is 0 Å². The van der Waals surface area contributed by atoms with E-state index < -0.39 is 0 Å². The van der Waals surface area contributed by atoms with Crippen molar-refractivity contribution >= 4 is 28.5 Å². The lowest BCUT2D eigenvalue weighted by Crippen LogP contribution is -2.38. The molecule has 0 radical (unpaired) electrons. The molecule has 1 rings (SSSR count). The van der Waals surface area contributed by atoms with Gasteiger partial charge in [-0.1, -0.05) is 13.8 Å². The van der Waals surface area contributed by atoms with Crippen molar-refractivity contribution in [2.45, 2.75) is 33.7 Å². The van der Waals surface area contributed by atoms with E-state index in [1.165, 1.54) is 0 Å². The Morgan fingerprint density at radius 1 is 1.41 bits per heavy atom. The summed E-state index contributed by atoms with van der Waals surface area (Å²) in [5.74, 6) is 0.0212. The van der Waals surface area contributed by atoms with Crippen molar-refractivity contribution in [1.29, 1.82) is 0 Å². The maximum Gasteiger partial charge on any atom is 0.261 e. The van der Waals surface area contributed by atoms with Crippen LogP contribution in [-0.2, 0) is 0 Å². The minimum Gasteiger partial charge on any atom is -0.349 e. The van der Waals surface area contributed by atoms with Crippen molar-refractivity contribution in [1.82, 2.24) is 10.3 Å². The number of aromatic amines is 1. The Bertz CT molecular complexity index is 480. The molecule has 1 aromatic rings. The largest absolute Gasteiger partial charge is 0.349 e. The van der Waals surface area contributed by atoms with E-state index in [0.29, 0.717) is 5.92 Å². The Morgan fingerprint density at radius 2 is 2.00 bits per heavy atom. The van der Waals surface area contributed by atoms with Crippen molar-refractivity contribution < 1.29 is 4.79 Å². The Labute approximate surface area is 114 Å². The SMILES string of the molecule is Cc1[nH]c(=O)c(C(=O)N[C@@H](C)C(C)C)cc1I. The molecular formula is C12H17IN2O2. The van der Waals surface area contributed by atoms with Crippen LogP contribution in [-0.4, -0.2) is 16.9 Å². The smallest absolute Gasteiger partial charge is 0.261 e. The van der Waals surface area contributed by atoms with Gasteiger partial charge in [-0.2, -0.15) is 0 Å². The highest BCUT2D eigenvalue weighted by atomic mass is 127. The second kappa shape index (κ2) is 5.66. The van der Waals surface area contributed by atoms with Crippen LogP contribution in [0, 0.1) is 16.4 Å². The quantitative estimate of drug-likeness (QED) is 0.822. The molecule has 17 heavy (non-hydrogen) atoms. The average Bonchev–Trinajstić information content (AvgIpc) is 2.22. The van der Waals surface area contributed by atoms with Gasteiger partial charge in [0.15, 0.2) is 0 Å². The number of rotatable bonds is 3. The van der Waals surface area contributed by atoms with Gasteiger partial charge in [-0.25, -0.2) is 0 Å². The molecule has 0 fully saturated rings. The fraction of sp³-hybridized carbons (Fsp3) is 0.500. The highest BCUT2D eigenvalue weighted by Crippen LogP contribution is 2.08. The molecule has 1 atom stereocenters. The number of halogens is 1. The number of hydrogen-bond acceptors (Lipinski definition) is 2. The monoisotopic (exact) mass is 348 g/mol. The number of aryl methyl sites for hydroxylation is 1. The fourth-order valence-corrected chi connectivity index (χ4v) is 1.66. The topological polar surface area (TPSA) is 62.0 Å². The number of carbonyl (C=O) groups is 1. The molecule has 0 saturated carbocycles. The maximum absolute atomic E-state index is 11.9. The molecule has 2 N–H and O–H groups in total. The lowest BCUT2D eigenvalue weighted by atomic mass is 10.1. The van der Waals surface area contributed by atoms with Crippen LogP contribution < -0.4 is 10.9 Å². The second-order valence-corrected chi connectivity index (χ2v) is 5.65. The standard InChI is InChI=1S/C12H17IN2O2/c1-6(2)7(3)14-11(16)9-5-10(13)8(4)15-12(9)17/h5-7H,1-4H3,(H,14,16)(H,15,17)/t7-/m0/s1. The van der Waals surface area contributed by atoms with Gasteiger partial charge in [-0.3, -0.25) is 9.59 Å². The first-order chi connectivity index (χ1) is 7.82. The summed E-state index contributed by atoms with van der Waals surface area (Å²) in [5.41, 5.74) is 0.618. The van der Waals surface area contributed by atoms with Gasteiger partial charge in [0.1, 0.15) is 5.56 Å². The fourth-order valence-electron chi connectivity index (χ4n) is 1.22. The Kier molecular flexibility index (Phi) is 4.73. The molecular weight excluding hydrogens is 331 g/mol. The van der Waals surface area contributed by atoms with Crippen LogP contribution in [0.4, 0.5) is 0 Å². The van der Waals surface area contributed by atoms with Gasteiger partial charge < -0.3 is 10.3 Å². The predicted molar refractivity (Wildman–Crippen MR) is 76.3 cm³/mol. The molecule has 4 nitrogen and oxygen atoms in total. The minimum atomic E-state index is -0.337. The normalized spacial score (nSPS) is 12.6. The van der Waals surface area contributed by atoms with E-state index in [1.807, 2.05) is 27.7 Å². The van der Waals surface area contributed by atoms with Gasteiger partial charge in [-0.05, 0) is 48.4 Å². The zero-order valence-electron chi connectivity index (χ0n) is 10.4. The molecule has 0 bridgehead atoms. The van der Waals surface area contributed by atoms with Crippen LogP contribution in [0.15, 0.2) is 10.9 Å². The van der Waals surface area contributed by atoms with Crippen molar-refractivity contribution in [3.05, 3.63) is 31.2 Å². The van der Waals surface area contributed by atoms with Crippen LogP contribution in [0.5, 0.6) is 0 Å². The third-order valence-electron chi connectivity index (χ3n) is 2.78. The summed E-state index contributed by atoms with van der Waals surface area (Å²) in [7, 11) is 0. The summed E-state index contributed by atoms with van der Waals surface area (Å²) < 4.78 is 0.879. The van der Waals surface area contributed by atoms with Gasteiger partial charge in [0, 0.05) is 15.3 Å². The summed E-state index contributed by atoms with van der Waals surface area (Å²) in [6.45, 7) is 7.78. The Morgan fingerprint density at radius 3 is 2.53 bits per heavy atom. The number of carbonyl (C=O) groups excluding carboxylic acids is 1. The van der Waals surface area contributed by atoms with Crippen LogP contribution in [0.2, 0.25) is 0 Å². The molecule has 0 aliphatic carbocycles. The van der Waals surface area contributed by atoms with Crippen LogP contribution in [0.1, 0.15) is 36.8 Å². The first-order valence-corrected chi connectivity index (χ1v) is 6.61. The summed E-state index contributed by atoms with van der Waals surface area (Å²) in [6, 6.07) is 1.66. The predicted octanol–water partition coefficient (Wildman–Crippen LogP) is 2.06.